The molecule has 7 heteroatoms. The SMILES string of the molecule is COc1cc(C2NC(=S)NC2=O)cc(OC)c1OC. The van der Waals surface area contributed by atoms with Crippen LogP contribution in [0.15, 0.2) is 12.1 Å². The molecule has 102 valence electrons. The second kappa shape index (κ2) is 5.31. The quantitative estimate of drug-likeness (QED) is 0.795. The Morgan fingerprint density at radius 3 is 2.05 bits per heavy atom. The van der Waals surface area contributed by atoms with Crippen LogP contribution in [-0.4, -0.2) is 32.3 Å². The number of ether oxygens (including phenoxy) is 3. The van der Waals surface area contributed by atoms with E-state index < -0.39 is 6.04 Å². The van der Waals surface area contributed by atoms with E-state index in [0.717, 1.165) is 0 Å². The minimum Gasteiger partial charge on any atom is -0.493 e. The highest BCUT2D eigenvalue weighted by Gasteiger charge is 2.30. The van der Waals surface area contributed by atoms with E-state index in [-0.39, 0.29) is 5.91 Å². The van der Waals surface area contributed by atoms with Gasteiger partial charge < -0.3 is 24.8 Å². The van der Waals surface area contributed by atoms with E-state index in [0.29, 0.717) is 27.9 Å². The largest absolute Gasteiger partial charge is 0.493 e. The minimum atomic E-state index is -0.554. The number of nitrogens with one attached hydrogen (secondary N) is 2. The molecule has 0 saturated carbocycles. The number of hydrogen-bond donors (Lipinski definition) is 2. The van der Waals surface area contributed by atoms with E-state index in [1.54, 1.807) is 12.1 Å². The molecule has 1 fully saturated rings. The third-order valence-corrected chi connectivity index (χ3v) is 3.01. The van der Waals surface area contributed by atoms with Crippen molar-refractivity contribution in [2.75, 3.05) is 21.3 Å². The molecular formula is C12H14N2O4S. The van der Waals surface area contributed by atoms with Crippen molar-refractivity contribution in [2.45, 2.75) is 6.04 Å². The molecule has 6 nitrogen and oxygen atoms in total. The maximum Gasteiger partial charge on any atom is 0.253 e. The highest BCUT2D eigenvalue weighted by atomic mass is 32.1. The van der Waals surface area contributed by atoms with E-state index in [2.05, 4.69) is 10.6 Å². The van der Waals surface area contributed by atoms with Gasteiger partial charge in [0.05, 0.1) is 21.3 Å². The second-order valence-corrected chi connectivity index (χ2v) is 4.26. The Labute approximate surface area is 116 Å². The summed E-state index contributed by atoms with van der Waals surface area (Å²) in [6.45, 7) is 0. The lowest BCUT2D eigenvalue weighted by molar-refractivity contribution is -0.120. The number of methoxy groups -OCH3 is 3. The molecule has 1 aromatic rings. The first-order valence-electron chi connectivity index (χ1n) is 5.52. The van der Waals surface area contributed by atoms with Gasteiger partial charge in [-0.25, -0.2) is 0 Å². The number of thiocarbonyl (C=S) groups is 1. The molecule has 1 aliphatic rings. The Hall–Kier alpha value is -2.02. The van der Waals surface area contributed by atoms with Gasteiger partial charge in [0.15, 0.2) is 16.6 Å². The van der Waals surface area contributed by atoms with Crippen molar-refractivity contribution in [3.63, 3.8) is 0 Å². The van der Waals surface area contributed by atoms with E-state index in [1.165, 1.54) is 21.3 Å². The lowest BCUT2D eigenvalue weighted by Gasteiger charge is -2.16. The van der Waals surface area contributed by atoms with E-state index in [1.807, 2.05) is 0 Å². The van der Waals surface area contributed by atoms with Gasteiger partial charge in [0, 0.05) is 0 Å². The summed E-state index contributed by atoms with van der Waals surface area (Å²) in [7, 11) is 4.57. The molecule has 19 heavy (non-hydrogen) atoms. The molecule has 1 aliphatic heterocycles. The summed E-state index contributed by atoms with van der Waals surface area (Å²) in [4.78, 5) is 11.8. The van der Waals surface area contributed by atoms with Crippen LogP contribution < -0.4 is 24.8 Å². The Morgan fingerprint density at radius 1 is 1.11 bits per heavy atom. The van der Waals surface area contributed by atoms with Crippen LogP contribution in [0.5, 0.6) is 17.2 Å². The minimum absolute atomic E-state index is 0.209. The van der Waals surface area contributed by atoms with E-state index in [9.17, 15) is 4.79 Å². The summed E-state index contributed by atoms with van der Waals surface area (Å²) < 4.78 is 15.7. The summed E-state index contributed by atoms with van der Waals surface area (Å²) in [5.74, 6) is 1.25. The zero-order valence-corrected chi connectivity index (χ0v) is 11.6. The Morgan fingerprint density at radius 2 is 1.68 bits per heavy atom. The molecule has 1 amide bonds. The van der Waals surface area contributed by atoms with Gasteiger partial charge in [0.1, 0.15) is 6.04 Å². The fourth-order valence-electron chi connectivity index (χ4n) is 1.92. The van der Waals surface area contributed by atoms with Crippen molar-refractivity contribution in [1.29, 1.82) is 0 Å². The first-order valence-corrected chi connectivity index (χ1v) is 5.92. The van der Waals surface area contributed by atoms with Crippen molar-refractivity contribution in [3.05, 3.63) is 17.7 Å². The van der Waals surface area contributed by atoms with Crippen LogP contribution in [0.25, 0.3) is 0 Å². The molecule has 0 bridgehead atoms. The molecule has 2 N–H and O–H groups in total. The lowest BCUT2D eigenvalue weighted by Crippen LogP contribution is -2.21. The van der Waals surface area contributed by atoms with Crippen LogP contribution in [0.2, 0.25) is 0 Å². The number of carbonyl (C=O) groups is 1. The molecule has 2 rings (SSSR count). The molecule has 0 radical (unpaired) electrons. The van der Waals surface area contributed by atoms with Crippen LogP contribution in [0.3, 0.4) is 0 Å². The maximum atomic E-state index is 11.8. The number of benzene rings is 1. The molecular weight excluding hydrogens is 268 g/mol. The predicted octanol–water partition coefficient (Wildman–Crippen LogP) is 0.758. The predicted molar refractivity (Wildman–Crippen MR) is 72.7 cm³/mol. The lowest BCUT2D eigenvalue weighted by atomic mass is 10.1. The van der Waals surface area contributed by atoms with Crippen LogP contribution in [0.1, 0.15) is 11.6 Å². The monoisotopic (exact) mass is 282 g/mol. The molecule has 1 atom stereocenters. The topological polar surface area (TPSA) is 68.8 Å². The normalized spacial score (nSPS) is 17.7. The maximum absolute atomic E-state index is 11.8. The number of rotatable bonds is 4. The van der Waals surface area contributed by atoms with Crippen LogP contribution >= 0.6 is 12.2 Å². The molecule has 0 aromatic heterocycles. The fraction of sp³-hybridized carbons (Fsp3) is 0.333. The zero-order valence-electron chi connectivity index (χ0n) is 10.8. The summed E-state index contributed by atoms with van der Waals surface area (Å²) in [5.41, 5.74) is 0.687. The standard InChI is InChI=1S/C12H14N2O4S/c1-16-7-4-6(5-8(17-2)10(7)18-3)9-11(15)14-12(19)13-9/h4-5,9H,1-3H3,(H2,13,14,15,19). The van der Waals surface area contributed by atoms with Crippen molar-refractivity contribution in [2.24, 2.45) is 0 Å². The molecule has 1 aromatic carbocycles. The van der Waals surface area contributed by atoms with E-state index >= 15 is 0 Å². The summed E-state index contributed by atoms with van der Waals surface area (Å²) >= 11 is 4.91. The summed E-state index contributed by atoms with van der Waals surface area (Å²) in [5, 5.41) is 5.73. The third-order valence-electron chi connectivity index (χ3n) is 2.79. The van der Waals surface area contributed by atoms with Crippen LogP contribution in [0, 0.1) is 0 Å². The molecule has 1 saturated heterocycles. The van der Waals surface area contributed by atoms with Crippen molar-refractivity contribution in [1.82, 2.24) is 10.6 Å². The molecule has 1 unspecified atom stereocenters. The van der Waals surface area contributed by atoms with Gasteiger partial charge in [-0.1, -0.05) is 0 Å². The third kappa shape index (κ3) is 2.41. The van der Waals surface area contributed by atoms with Gasteiger partial charge in [0.2, 0.25) is 5.75 Å². The highest BCUT2D eigenvalue weighted by molar-refractivity contribution is 7.80. The summed E-state index contributed by atoms with van der Waals surface area (Å²) in [6, 6.07) is 2.88. The van der Waals surface area contributed by atoms with E-state index in [4.69, 9.17) is 26.4 Å². The van der Waals surface area contributed by atoms with Crippen molar-refractivity contribution in [3.8, 4) is 17.2 Å². The number of carbonyl (C=O) groups excluding carboxylic acids is 1. The van der Waals surface area contributed by atoms with Gasteiger partial charge in [0.25, 0.3) is 5.91 Å². The van der Waals surface area contributed by atoms with Crippen LogP contribution in [-0.2, 0) is 4.79 Å². The first kappa shape index (κ1) is 13.4. The summed E-state index contributed by atoms with van der Waals surface area (Å²) in [6.07, 6.45) is 0. The fourth-order valence-corrected chi connectivity index (χ4v) is 2.14. The van der Waals surface area contributed by atoms with Crippen molar-refractivity contribution < 1.29 is 19.0 Å². The van der Waals surface area contributed by atoms with Crippen molar-refractivity contribution >= 4 is 23.2 Å². The Balaban J connectivity index is 2.47. The average molecular weight is 282 g/mol. The average Bonchev–Trinajstić information content (AvgIpc) is 2.75. The zero-order chi connectivity index (χ0) is 14.0. The molecule has 1 heterocycles. The van der Waals surface area contributed by atoms with Gasteiger partial charge >= 0.3 is 0 Å². The molecule has 0 aliphatic carbocycles. The van der Waals surface area contributed by atoms with Crippen LogP contribution in [0.4, 0.5) is 0 Å². The van der Waals surface area contributed by atoms with Gasteiger partial charge in [-0.15, -0.1) is 0 Å². The van der Waals surface area contributed by atoms with Gasteiger partial charge in [-0.05, 0) is 29.9 Å². The second-order valence-electron chi connectivity index (χ2n) is 3.85. The van der Waals surface area contributed by atoms with Gasteiger partial charge in [-0.3, -0.25) is 4.79 Å². The van der Waals surface area contributed by atoms with Gasteiger partial charge in [-0.2, -0.15) is 0 Å². The number of amides is 1. The first-order chi connectivity index (χ1) is 9.10. The smallest absolute Gasteiger partial charge is 0.253 e. The number of hydrogen-bond acceptors (Lipinski definition) is 5. The Kier molecular flexibility index (Phi) is 3.75. The highest BCUT2D eigenvalue weighted by Crippen LogP contribution is 2.40. The Bertz CT molecular complexity index is 507. The molecule has 0 spiro atoms.